The second-order valence-corrected chi connectivity index (χ2v) is 15.8. The summed E-state index contributed by atoms with van der Waals surface area (Å²) in [6.45, 7) is 21.3. The van der Waals surface area contributed by atoms with E-state index < -0.39 is 48.0 Å². The third kappa shape index (κ3) is 13.6. The standard InChI is InChI=1S/C30H59N3O5S/c1-27(2,3)17-29(7,8)23(36)15-22(35)20(32-26(39)33-30(9,10)18-28(4,5)6)16-31-19-13-11-12-14-21(34)25(38)24(19)37/h12,14,19-25,31,34-38H,11,13,15-18H2,1-10H3,(H2,32,33,39). The van der Waals surface area contributed by atoms with E-state index in [0.717, 1.165) is 12.8 Å². The molecule has 0 aromatic heterocycles. The zero-order valence-corrected chi connectivity index (χ0v) is 26.9. The van der Waals surface area contributed by atoms with Crippen LogP contribution in [0.25, 0.3) is 0 Å². The SMILES string of the molecule is CC(C)(C)CC(C)(C)NC(=S)NC(CNC1CCC=CC(O)C(O)C1O)C(O)CC(O)C(C)(C)CC(C)(C)C. The summed E-state index contributed by atoms with van der Waals surface area (Å²) < 4.78 is 0. The Hall–Kier alpha value is -0.810. The van der Waals surface area contributed by atoms with Gasteiger partial charge in [0.15, 0.2) is 5.11 Å². The van der Waals surface area contributed by atoms with Crippen LogP contribution in [0.4, 0.5) is 0 Å². The Labute approximate surface area is 243 Å². The molecule has 0 heterocycles. The number of aliphatic hydroxyl groups excluding tert-OH is 5. The van der Waals surface area contributed by atoms with E-state index >= 15 is 0 Å². The first-order chi connectivity index (χ1) is 17.5. The molecule has 7 atom stereocenters. The van der Waals surface area contributed by atoms with Crippen LogP contribution >= 0.6 is 12.2 Å². The number of aliphatic hydroxyl groups is 5. The van der Waals surface area contributed by atoms with Gasteiger partial charge in [0, 0.05) is 24.5 Å². The van der Waals surface area contributed by atoms with E-state index in [9.17, 15) is 25.5 Å². The van der Waals surface area contributed by atoms with Crippen molar-refractivity contribution in [2.24, 2.45) is 16.2 Å². The highest BCUT2D eigenvalue weighted by Gasteiger charge is 2.37. The molecule has 0 amide bonds. The van der Waals surface area contributed by atoms with Gasteiger partial charge in [0.05, 0.1) is 24.4 Å². The second-order valence-electron chi connectivity index (χ2n) is 15.4. The fourth-order valence-corrected chi connectivity index (χ4v) is 6.53. The predicted octanol–water partition coefficient (Wildman–Crippen LogP) is 3.00. The molecule has 8 nitrogen and oxygen atoms in total. The Morgan fingerprint density at radius 3 is 2.00 bits per heavy atom. The summed E-state index contributed by atoms with van der Waals surface area (Å²) in [6, 6.07) is -1.08. The molecule has 0 aromatic rings. The van der Waals surface area contributed by atoms with Gasteiger partial charge in [0.2, 0.25) is 0 Å². The Kier molecular flexibility index (Phi) is 13.4. The summed E-state index contributed by atoms with van der Waals surface area (Å²) in [6.07, 6.45) is 0.924. The highest BCUT2D eigenvalue weighted by Crippen LogP contribution is 2.37. The third-order valence-corrected chi connectivity index (χ3v) is 7.47. The van der Waals surface area contributed by atoms with Crippen LogP contribution in [0.1, 0.15) is 101 Å². The van der Waals surface area contributed by atoms with E-state index in [1.165, 1.54) is 6.08 Å². The van der Waals surface area contributed by atoms with E-state index in [4.69, 9.17) is 12.2 Å². The van der Waals surface area contributed by atoms with Crippen molar-refractivity contribution in [3.05, 3.63) is 12.2 Å². The Bertz CT molecular complexity index is 790. The van der Waals surface area contributed by atoms with Gasteiger partial charge >= 0.3 is 0 Å². The van der Waals surface area contributed by atoms with E-state index in [1.54, 1.807) is 6.08 Å². The molecule has 0 fully saturated rings. The second kappa shape index (κ2) is 14.4. The van der Waals surface area contributed by atoms with Gasteiger partial charge in [-0.2, -0.15) is 0 Å². The lowest BCUT2D eigenvalue weighted by molar-refractivity contribution is -0.0597. The first-order valence-corrected chi connectivity index (χ1v) is 14.8. The van der Waals surface area contributed by atoms with Gasteiger partial charge in [-0.1, -0.05) is 67.5 Å². The molecule has 0 bridgehead atoms. The van der Waals surface area contributed by atoms with Crippen molar-refractivity contribution >= 4 is 17.3 Å². The van der Waals surface area contributed by atoms with Gasteiger partial charge < -0.3 is 41.5 Å². The highest BCUT2D eigenvalue weighted by molar-refractivity contribution is 7.80. The van der Waals surface area contributed by atoms with Crippen molar-refractivity contribution in [2.75, 3.05) is 6.54 Å². The van der Waals surface area contributed by atoms with Crippen LogP contribution in [0.5, 0.6) is 0 Å². The van der Waals surface area contributed by atoms with Crippen LogP contribution in [0.15, 0.2) is 12.2 Å². The molecule has 8 N–H and O–H groups in total. The van der Waals surface area contributed by atoms with E-state index in [-0.39, 0.29) is 29.3 Å². The first kappa shape index (κ1) is 36.2. The van der Waals surface area contributed by atoms with Gasteiger partial charge in [-0.05, 0) is 68.0 Å². The van der Waals surface area contributed by atoms with Crippen molar-refractivity contribution in [1.29, 1.82) is 0 Å². The van der Waals surface area contributed by atoms with E-state index in [2.05, 4.69) is 71.3 Å². The fourth-order valence-electron chi connectivity index (χ4n) is 6.10. The molecule has 1 aliphatic carbocycles. The van der Waals surface area contributed by atoms with Crippen LogP contribution in [0, 0.1) is 16.2 Å². The molecule has 7 unspecified atom stereocenters. The number of hydrogen-bond donors (Lipinski definition) is 8. The quantitative estimate of drug-likeness (QED) is 0.139. The highest BCUT2D eigenvalue weighted by atomic mass is 32.1. The molecule has 0 saturated carbocycles. The maximum Gasteiger partial charge on any atom is 0.167 e. The number of hydrogen-bond acceptors (Lipinski definition) is 7. The molecule has 0 spiro atoms. The molecule has 0 radical (unpaired) electrons. The predicted molar refractivity (Wildman–Crippen MR) is 163 cm³/mol. The number of rotatable bonds is 11. The van der Waals surface area contributed by atoms with Gasteiger partial charge in [-0.3, -0.25) is 0 Å². The first-order valence-electron chi connectivity index (χ1n) is 14.4. The van der Waals surface area contributed by atoms with Crippen molar-refractivity contribution in [3.63, 3.8) is 0 Å². The lowest BCUT2D eigenvalue weighted by atomic mass is 9.71. The summed E-state index contributed by atoms with van der Waals surface area (Å²) in [5, 5.41) is 63.9. The zero-order chi connectivity index (χ0) is 30.4. The largest absolute Gasteiger partial charge is 0.392 e. The van der Waals surface area contributed by atoms with Crippen molar-refractivity contribution in [2.45, 2.75) is 149 Å². The zero-order valence-electron chi connectivity index (χ0n) is 26.1. The topological polar surface area (TPSA) is 137 Å². The normalized spacial score (nSPS) is 25.8. The average Bonchev–Trinajstić information content (AvgIpc) is 2.71. The minimum absolute atomic E-state index is 0.0208. The summed E-state index contributed by atoms with van der Waals surface area (Å²) in [5.74, 6) is 0. The van der Waals surface area contributed by atoms with Crippen LogP contribution in [0.2, 0.25) is 0 Å². The monoisotopic (exact) mass is 573 g/mol. The molecule has 0 saturated heterocycles. The summed E-state index contributed by atoms with van der Waals surface area (Å²) >= 11 is 5.66. The molecule has 0 aliphatic heterocycles. The third-order valence-electron chi connectivity index (χ3n) is 7.25. The van der Waals surface area contributed by atoms with Gasteiger partial charge in [0.1, 0.15) is 12.2 Å². The summed E-state index contributed by atoms with van der Waals surface area (Å²) in [5.41, 5.74) is -0.592. The van der Waals surface area contributed by atoms with Crippen molar-refractivity contribution in [1.82, 2.24) is 16.0 Å². The molecule has 230 valence electrons. The van der Waals surface area contributed by atoms with Crippen LogP contribution < -0.4 is 16.0 Å². The molecule has 1 aliphatic rings. The molecular formula is C30H59N3O5S. The van der Waals surface area contributed by atoms with Gasteiger partial charge in [-0.15, -0.1) is 0 Å². The van der Waals surface area contributed by atoms with Crippen molar-refractivity contribution < 1.29 is 25.5 Å². The van der Waals surface area contributed by atoms with Gasteiger partial charge in [-0.25, -0.2) is 0 Å². The minimum atomic E-state index is -1.32. The molecule has 39 heavy (non-hydrogen) atoms. The molecule has 0 aromatic carbocycles. The summed E-state index contributed by atoms with van der Waals surface area (Å²) in [7, 11) is 0. The Morgan fingerprint density at radius 1 is 0.897 bits per heavy atom. The summed E-state index contributed by atoms with van der Waals surface area (Å²) in [4.78, 5) is 0. The smallest absolute Gasteiger partial charge is 0.167 e. The maximum atomic E-state index is 11.4. The molecule has 9 heteroatoms. The van der Waals surface area contributed by atoms with Crippen LogP contribution in [0.3, 0.4) is 0 Å². The van der Waals surface area contributed by atoms with E-state index in [0.29, 0.717) is 18.0 Å². The minimum Gasteiger partial charge on any atom is -0.392 e. The lowest BCUT2D eigenvalue weighted by Gasteiger charge is -2.39. The Morgan fingerprint density at radius 2 is 1.46 bits per heavy atom. The number of allylic oxidation sites excluding steroid dienone is 1. The molecule has 1 rings (SSSR count). The maximum absolute atomic E-state index is 11.4. The van der Waals surface area contributed by atoms with E-state index in [1.807, 2.05) is 13.8 Å². The number of nitrogens with one attached hydrogen (secondary N) is 3. The van der Waals surface area contributed by atoms with Crippen molar-refractivity contribution in [3.8, 4) is 0 Å². The van der Waals surface area contributed by atoms with Crippen LogP contribution in [-0.4, -0.2) is 85.3 Å². The van der Waals surface area contributed by atoms with Crippen LogP contribution in [-0.2, 0) is 0 Å². The molecular weight excluding hydrogens is 514 g/mol. The number of thiocarbonyl (C=S) groups is 1. The lowest BCUT2D eigenvalue weighted by Crippen LogP contribution is -2.59. The fraction of sp³-hybridized carbons (Fsp3) is 0.900. The Balaban J connectivity index is 3.06. The average molecular weight is 574 g/mol. The van der Waals surface area contributed by atoms with Gasteiger partial charge in [0.25, 0.3) is 0 Å².